The molecule has 0 unspecified atom stereocenters. The first-order valence-corrected chi connectivity index (χ1v) is 16.7. The monoisotopic (exact) mass is 605 g/mol. The lowest BCUT2D eigenvalue weighted by molar-refractivity contribution is 0.0614. The fourth-order valence-corrected chi connectivity index (χ4v) is 7.20. The number of carbonyl (C=O) groups is 1. The molecule has 228 valence electrons. The van der Waals surface area contributed by atoms with Crippen LogP contribution < -0.4 is 4.90 Å². The average molecular weight is 606 g/mol. The zero-order valence-corrected chi connectivity index (χ0v) is 26.4. The van der Waals surface area contributed by atoms with E-state index in [4.69, 9.17) is 11.6 Å². The number of amides is 1. The maximum Gasteiger partial charge on any atom is 0.255 e. The molecular weight excluding hydrogens is 562 g/mol. The van der Waals surface area contributed by atoms with Gasteiger partial charge in [-0.2, -0.15) is 0 Å². The summed E-state index contributed by atoms with van der Waals surface area (Å²) < 4.78 is 0. The molecule has 0 aromatic heterocycles. The van der Waals surface area contributed by atoms with Crippen LogP contribution in [0, 0.1) is 0 Å². The molecule has 4 aromatic rings. The summed E-state index contributed by atoms with van der Waals surface area (Å²) in [6.07, 6.45) is 6.83. The molecule has 1 saturated heterocycles. The van der Waals surface area contributed by atoms with Crippen molar-refractivity contribution in [3.05, 3.63) is 136 Å². The highest BCUT2D eigenvalue weighted by molar-refractivity contribution is 6.34. The number of anilines is 1. The van der Waals surface area contributed by atoms with Crippen LogP contribution in [0.3, 0.4) is 0 Å². The van der Waals surface area contributed by atoms with Crippen molar-refractivity contribution < 1.29 is 4.79 Å². The third-order valence-electron chi connectivity index (χ3n) is 9.53. The Morgan fingerprint density at radius 2 is 1.34 bits per heavy atom. The molecule has 0 N–H and O–H groups in total. The van der Waals surface area contributed by atoms with Gasteiger partial charge in [-0.15, -0.1) is 0 Å². The number of hydrogen-bond donors (Lipinski definition) is 0. The summed E-state index contributed by atoms with van der Waals surface area (Å²) in [5.41, 5.74) is 5.64. The van der Waals surface area contributed by atoms with Crippen LogP contribution in [0.2, 0.25) is 5.02 Å². The Bertz CT molecular complexity index is 1430. The minimum Gasteiger partial charge on any atom is -0.369 e. The number of hydrogen-bond acceptors (Lipinski definition) is 3. The number of carbonyl (C=O) groups excluding carboxylic acids is 1. The first kappa shape index (κ1) is 30.4. The first-order chi connectivity index (χ1) is 21.7. The van der Waals surface area contributed by atoms with Gasteiger partial charge in [-0.05, 0) is 60.7 Å². The quantitative estimate of drug-likeness (QED) is 0.181. The van der Waals surface area contributed by atoms with Crippen molar-refractivity contribution >= 4 is 23.2 Å². The Labute approximate surface area is 268 Å². The predicted octanol–water partition coefficient (Wildman–Crippen LogP) is 8.66. The molecule has 0 radical (unpaired) electrons. The van der Waals surface area contributed by atoms with Gasteiger partial charge in [0, 0.05) is 50.4 Å². The van der Waals surface area contributed by atoms with E-state index in [1.807, 2.05) is 18.2 Å². The summed E-state index contributed by atoms with van der Waals surface area (Å²) in [5.74, 6) is 0.447. The van der Waals surface area contributed by atoms with Gasteiger partial charge < -0.3 is 9.80 Å². The zero-order chi connectivity index (χ0) is 30.1. The second-order valence-electron chi connectivity index (χ2n) is 12.4. The Hall–Kier alpha value is -3.60. The third kappa shape index (κ3) is 7.54. The highest BCUT2D eigenvalue weighted by atomic mass is 35.5. The molecule has 0 bridgehead atoms. The van der Waals surface area contributed by atoms with Crippen LogP contribution in [0.25, 0.3) is 0 Å². The minimum absolute atomic E-state index is 0.0547. The predicted molar refractivity (Wildman–Crippen MR) is 183 cm³/mol. The van der Waals surface area contributed by atoms with E-state index in [0.717, 1.165) is 63.2 Å². The number of rotatable bonds is 10. The Morgan fingerprint density at radius 1 is 0.750 bits per heavy atom. The topological polar surface area (TPSA) is 26.8 Å². The van der Waals surface area contributed by atoms with Crippen LogP contribution in [0.4, 0.5) is 5.69 Å². The lowest BCUT2D eigenvalue weighted by Crippen LogP contribution is -2.47. The molecule has 1 aliphatic carbocycles. The molecule has 44 heavy (non-hydrogen) atoms. The minimum atomic E-state index is 0.0547. The third-order valence-corrected chi connectivity index (χ3v) is 9.86. The molecule has 0 atom stereocenters. The molecule has 1 saturated carbocycles. The second-order valence-corrected chi connectivity index (χ2v) is 12.8. The van der Waals surface area contributed by atoms with E-state index in [2.05, 4.69) is 106 Å². The van der Waals surface area contributed by atoms with Gasteiger partial charge in [-0.25, -0.2) is 0 Å². The van der Waals surface area contributed by atoms with E-state index in [-0.39, 0.29) is 11.9 Å². The Kier molecular flexibility index (Phi) is 10.3. The maximum atomic E-state index is 14.2. The molecule has 4 aromatic carbocycles. The smallest absolute Gasteiger partial charge is 0.255 e. The molecule has 2 aliphatic rings. The molecule has 0 spiro atoms. The fraction of sp³-hybridized carbons (Fsp3) is 0.359. The number of nitrogens with zero attached hydrogens (tertiary/aromatic N) is 3. The summed E-state index contributed by atoms with van der Waals surface area (Å²) >= 11 is 6.74. The molecule has 5 heteroatoms. The van der Waals surface area contributed by atoms with Crippen LogP contribution in [0.1, 0.15) is 71.5 Å². The highest BCUT2D eigenvalue weighted by Crippen LogP contribution is 2.31. The van der Waals surface area contributed by atoms with Crippen molar-refractivity contribution in [2.45, 2.75) is 57.0 Å². The van der Waals surface area contributed by atoms with Crippen molar-refractivity contribution in [1.29, 1.82) is 0 Å². The van der Waals surface area contributed by atoms with Gasteiger partial charge in [0.25, 0.3) is 5.91 Å². The molecule has 1 heterocycles. The standard InChI is InChI=1S/C39H44ClN3O/c40-38-22-21-35(29-37(38)39(44)43(34-19-11-4-12-20-34)30-31-13-5-1-6-14-31)42-27-25-41(26-28-42)24-23-36(32-15-7-2-8-16-32)33-17-9-3-10-18-33/h1-3,5-10,13-18,21-22,29,34,36H,4,11-12,19-20,23-28,30H2. The van der Waals surface area contributed by atoms with E-state index < -0.39 is 0 Å². The van der Waals surface area contributed by atoms with Crippen molar-refractivity contribution in [2.75, 3.05) is 37.6 Å². The van der Waals surface area contributed by atoms with E-state index in [1.54, 1.807) is 0 Å². The largest absolute Gasteiger partial charge is 0.369 e. The Balaban J connectivity index is 1.12. The van der Waals surface area contributed by atoms with E-state index in [9.17, 15) is 4.79 Å². The molecule has 1 aliphatic heterocycles. The second kappa shape index (κ2) is 14.9. The van der Waals surface area contributed by atoms with Gasteiger partial charge in [-0.1, -0.05) is 122 Å². The van der Waals surface area contributed by atoms with Gasteiger partial charge in [0.05, 0.1) is 10.6 Å². The van der Waals surface area contributed by atoms with Gasteiger partial charge in [0.1, 0.15) is 0 Å². The molecule has 1 amide bonds. The van der Waals surface area contributed by atoms with E-state index in [0.29, 0.717) is 23.0 Å². The summed E-state index contributed by atoms with van der Waals surface area (Å²) in [5, 5.41) is 0.541. The summed E-state index contributed by atoms with van der Waals surface area (Å²) in [6.45, 7) is 5.56. The summed E-state index contributed by atoms with van der Waals surface area (Å²) in [7, 11) is 0. The van der Waals surface area contributed by atoms with Crippen molar-refractivity contribution in [3.63, 3.8) is 0 Å². The van der Waals surface area contributed by atoms with Crippen molar-refractivity contribution in [3.8, 4) is 0 Å². The van der Waals surface area contributed by atoms with Crippen molar-refractivity contribution in [1.82, 2.24) is 9.80 Å². The number of benzene rings is 4. The Morgan fingerprint density at radius 3 is 1.95 bits per heavy atom. The van der Waals surface area contributed by atoms with Crippen LogP contribution >= 0.6 is 11.6 Å². The summed E-state index contributed by atoms with van der Waals surface area (Å²) in [6, 6.07) is 38.4. The number of piperazine rings is 1. The van der Waals surface area contributed by atoms with E-state index >= 15 is 0 Å². The van der Waals surface area contributed by atoms with Gasteiger partial charge in [0.15, 0.2) is 0 Å². The van der Waals surface area contributed by atoms with Gasteiger partial charge >= 0.3 is 0 Å². The molecular formula is C39H44ClN3O. The fourth-order valence-electron chi connectivity index (χ4n) is 7.01. The average Bonchev–Trinajstić information content (AvgIpc) is 3.09. The maximum absolute atomic E-state index is 14.2. The lowest BCUT2D eigenvalue weighted by Gasteiger charge is -2.37. The van der Waals surface area contributed by atoms with Crippen LogP contribution in [-0.2, 0) is 6.54 Å². The van der Waals surface area contributed by atoms with Crippen molar-refractivity contribution in [2.24, 2.45) is 0 Å². The normalized spacial score (nSPS) is 16.3. The van der Waals surface area contributed by atoms with Gasteiger partial charge in [0.2, 0.25) is 0 Å². The SMILES string of the molecule is O=C(c1cc(N2CCN(CCC(c3ccccc3)c3ccccc3)CC2)ccc1Cl)N(Cc1ccccc1)C1CCCCC1. The molecule has 2 fully saturated rings. The van der Waals surface area contributed by atoms with Gasteiger partial charge in [-0.3, -0.25) is 9.69 Å². The van der Waals surface area contributed by atoms with Crippen LogP contribution in [0.5, 0.6) is 0 Å². The van der Waals surface area contributed by atoms with Crippen LogP contribution in [0.15, 0.2) is 109 Å². The molecule has 4 nitrogen and oxygen atoms in total. The summed E-state index contributed by atoms with van der Waals surface area (Å²) in [4.78, 5) is 21.2. The lowest BCUT2D eigenvalue weighted by atomic mass is 9.88. The zero-order valence-electron chi connectivity index (χ0n) is 25.7. The van der Waals surface area contributed by atoms with E-state index in [1.165, 1.54) is 30.4 Å². The first-order valence-electron chi connectivity index (χ1n) is 16.4. The number of halogens is 1. The van der Waals surface area contributed by atoms with Crippen LogP contribution in [-0.4, -0.2) is 54.5 Å². The molecule has 6 rings (SSSR count). The highest BCUT2D eigenvalue weighted by Gasteiger charge is 2.29.